The molecule has 1 N–H and O–H groups in total. The lowest BCUT2D eigenvalue weighted by atomic mass is 10.1. The molecule has 0 aliphatic carbocycles. The number of hydrogen-bond acceptors (Lipinski definition) is 6. The fraction of sp³-hybridized carbons (Fsp3) is 0.614. The predicted octanol–water partition coefficient (Wildman–Crippen LogP) is 10.2. The lowest BCUT2D eigenvalue weighted by Gasteiger charge is -2.31. The van der Waals surface area contributed by atoms with Crippen LogP contribution in [0, 0.1) is 0 Å². The van der Waals surface area contributed by atoms with Crippen molar-refractivity contribution in [2.75, 3.05) is 41.0 Å². The fourth-order valence-corrected chi connectivity index (χ4v) is 5.16. The minimum Gasteiger partial charge on any atom is -0.477 e. The quantitative estimate of drug-likeness (QED) is 0.0311. The summed E-state index contributed by atoms with van der Waals surface area (Å²) in [4.78, 5) is 36.8. The maximum absolute atomic E-state index is 12.7. The number of allylic oxidation sites excluding steroid dienone is 14. The average Bonchev–Trinajstić information content (AvgIpc) is 3.09. The second-order valence-corrected chi connectivity index (χ2v) is 13.9. The first-order valence-electron chi connectivity index (χ1n) is 19.7. The number of carboxylic acid groups (broad SMARTS) is 1. The number of carbonyl (C=O) groups is 3. The SMILES string of the molecule is CC/C=C/C=C/C=C/C=C/CCCCCCCC(=O)OC(COCCC(C(=O)O)[N+](C)(C)C)COC(=O)CCCCCCC/C=C/C=C/C=C/CC. The van der Waals surface area contributed by atoms with Gasteiger partial charge in [0.05, 0.1) is 34.4 Å². The molecular formula is C44H72NO7+. The highest BCUT2D eigenvalue weighted by Gasteiger charge is 2.31. The van der Waals surface area contributed by atoms with Crippen LogP contribution in [0.2, 0.25) is 0 Å². The molecule has 0 radical (unpaired) electrons. The third kappa shape index (κ3) is 32.4. The molecule has 8 nitrogen and oxygen atoms in total. The molecule has 0 aromatic heterocycles. The van der Waals surface area contributed by atoms with Gasteiger partial charge in [0.1, 0.15) is 6.61 Å². The molecule has 0 aliphatic rings. The molecule has 0 heterocycles. The number of carboxylic acids is 1. The van der Waals surface area contributed by atoms with Gasteiger partial charge < -0.3 is 23.8 Å². The summed E-state index contributed by atoms with van der Waals surface area (Å²) in [5, 5.41) is 9.59. The van der Waals surface area contributed by atoms with Crippen molar-refractivity contribution >= 4 is 17.9 Å². The fourth-order valence-electron chi connectivity index (χ4n) is 5.16. The first kappa shape index (κ1) is 48.5. The molecule has 0 aromatic rings. The smallest absolute Gasteiger partial charge is 0.362 e. The Morgan fingerprint density at radius 2 is 1.02 bits per heavy atom. The van der Waals surface area contributed by atoms with E-state index >= 15 is 0 Å². The molecule has 294 valence electrons. The lowest BCUT2D eigenvalue weighted by Crippen LogP contribution is -2.50. The van der Waals surface area contributed by atoms with Crippen molar-refractivity contribution in [3.63, 3.8) is 0 Å². The van der Waals surface area contributed by atoms with Crippen molar-refractivity contribution < 1.29 is 38.2 Å². The number of nitrogens with zero attached hydrogens (tertiary/aromatic N) is 1. The van der Waals surface area contributed by atoms with E-state index < -0.39 is 18.1 Å². The molecule has 0 saturated carbocycles. The zero-order valence-electron chi connectivity index (χ0n) is 33.2. The number of esters is 2. The number of aliphatic carboxylic acids is 1. The van der Waals surface area contributed by atoms with Crippen LogP contribution >= 0.6 is 0 Å². The third-order valence-electron chi connectivity index (χ3n) is 8.20. The van der Waals surface area contributed by atoms with E-state index in [1.54, 1.807) is 0 Å². The van der Waals surface area contributed by atoms with E-state index in [2.05, 4.69) is 56.4 Å². The topological polar surface area (TPSA) is 99.1 Å². The van der Waals surface area contributed by atoms with Crippen LogP contribution in [-0.4, -0.2) is 80.6 Å². The summed E-state index contributed by atoms with van der Waals surface area (Å²) >= 11 is 0. The van der Waals surface area contributed by atoms with Crippen LogP contribution in [0.3, 0.4) is 0 Å². The lowest BCUT2D eigenvalue weighted by molar-refractivity contribution is -0.887. The monoisotopic (exact) mass is 727 g/mol. The predicted molar refractivity (Wildman–Crippen MR) is 215 cm³/mol. The number of quaternary nitrogens is 1. The zero-order valence-corrected chi connectivity index (χ0v) is 33.2. The molecule has 0 amide bonds. The summed E-state index contributed by atoms with van der Waals surface area (Å²) in [6.45, 7) is 4.38. The van der Waals surface area contributed by atoms with Crippen LogP contribution in [0.4, 0.5) is 0 Å². The maximum Gasteiger partial charge on any atom is 0.362 e. The minimum absolute atomic E-state index is 0.0388. The Morgan fingerprint density at radius 1 is 0.577 bits per heavy atom. The number of hydrogen-bond donors (Lipinski definition) is 1. The Labute approximate surface area is 316 Å². The van der Waals surface area contributed by atoms with E-state index in [9.17, 15) is 19.5 Å². The van der Waals surface area contributed by atoms with Crippen molar-refractivity contribution in [2.45, 2.75) is 135 Å². The summed E-state index contributed by atoms with van der Waals surface area (Å²) in [6, 6.07) is -0.626. The van der Waals surface area contributed by atoms with Crippen molar-refractivity contribution in [3.05, 3.63) is 85.1 Å². The molecule has 0 aromatic carbocycles. The van der Waals surface area contributed by atoms with E-state index in [-0.39, 0.29) is 36.2 Å². The number of likely N-dealkylation sites (N-methyl/N-ethyl adjacent to an activating group) is 1. The first-order valence-corrected chi connectivity index (χ1v) is 19.7. The molecule has 2 atom stereocenters. The zero-order chi connectivity index (χ0) is 38.5. The van der Waals surface area contributed by atoms with Gasteiger partial charge in [-0.25, -0.2) is 4.79 Å². The maximum atomic E-state index is 12.7. The highest BCUT2D eigenvalue weighted by molar-refractivity contribution is 5.72. The Morgan fingerprint density at radius 3 is 1.50 bits per heavy atom. The summed E-state index contributed by atoms with van der Waals surface area (Å²) < 4.78 is 17.2. The van der Waals surface area contributed by atoms with Gasteiger partial charge in [-0.05, 0) is 51.4 Å². The average molecular weight is 727 g/mol. The Kier molecular flexibility index (Phi) is 32.3. The van der Waals surface area contributed by atoms with Crippen LogP contribution in [0.5, 0.6) is 0 Å². The first-order chi connectivity index (χ1) is 25.1. The molecule has 0 aliphatic heterocycles. The second-order valence-electron chi connectivity index (χ2n) is 13.9. The van der Waals surface area contributed by atoms with Gasteiger partial charge in [0.15, 0.2) is 12.1 Å². The standard InChI is InChI=1S/C44H71NO7/c1-6-8-10-12-14-16-18-20-21-23-25-27-29-31-33-35-43(47)52-40(38-50-37-36-41(44(48)49)45(3,4)5)39-51-42(46)34-32-30-28-26-24-22-19-17-15-13-11-9-7-2/h8-21,40-41H,6-7,22-39H2,1-5H3/p+1/b10-8+,11-9+,14-12+,15-13+,18-16+,19-17+,21-20+. The van der Waals surface area contributed by atoms with Crippen molar-refractivity contribution in [1.82, 2.24) is 0 Å². The normalized spacial score (nSPS) is 13.9. The highest BCUT2D eigenvalue weighted by atomic mass is 16.6. The molecule has 8 heteroatoms. The van der Waals surface area contributed by atoms with Gasteiger partial charge >= 0.3 is 17.9 Å². The van der Waals surface area contributed by atoms with Crippen LogP contribution in [0.15, 0.2) is 85.1 Å². The van der Waals surface area contributed by atoms with Crippen LogP contribution in [0.1, 0.15) is 123 Å². The van der Waals surface area contributed by atoms with Gasteiger partial charge in [-0.1, -0.05) is 137 Å². The number of rotatable bonds is 33. The molecule has 0 bridgehead atoms. The van der Waals surface area contributed by atoms with Gasteiger partial charge in [-0.3, -0.25) is 9.59 Å². The number of unbranched alkanes of at least 4 members (excludes halogenated alkanes) is 10. The van der Waals surface area contributed by atoms with Gasteiger partial charge in [0.2, 0.25) is 0 Å². The minimum atomic E-state index is -0.888. The van der Waals surface area contributed by atoms with Crippen molar-refractivity contribution in [3.8, 4) is 0 Å². The summed E-state index contributed by atoms with van der Waals surface area (Å²) in [5.74, 6) is -1.54. The van der Waals surface area contributed by atoms with Crippen LogP contribution in [-0.2, 0) is 28.6 Å². The molecule has 0 spiro atoms. The van der Waals surface area contributed by atoms with Crippen molar-refractivity contribution in [2.24, 2.45) is 0 Å². The highest BCUT2D eigenvalue weighted by Crippen LogP contribution is 2.12. The Hall–Kier alpha value is -3.49. The van der Waals surface area contributed by atoms with E-state index in [0.29, 0.717) is 19.3 Å². The van der Waals surface area contributed by atoms with E-state index in [1.807, 2.05) is 63.7 Å². The molecule has 52 heavy (non-hydrogen) atoms. The van der Waals surface area contributed by atoms with Gasteiger partial charge in [0, 0.05) is 19.3 Å². The van der Waals surface area contributed by atoms with Gasteiger partial charge in [0.25, 0.3) is 0 Å². The molecule has 0 saturated heterocycles. The van der Waals surface area contributed by atoms with Gasteiger partial charge in [-0.2, -0.15) is 0 Å². The molecule has 0 fully saturated rings. The summed E-state index contributed by atoms with van der Waals surface area (Å²) in [5.41, 5.74) is 0. The molecule has 0 rings (SSSR count). The van der Waals surface area contributed by atoms with E-state index in [0.717, 1.165) is 89.9 Å². The largest absolute Gasteiger partial charge is 0.477 e. The van der Waals surface area contributed by atoms with Gasteiger partial charge in [-0.15, -0.1) is 0 Å². The second kappa shape index (κ2) is 34.6. The Balaban J connectivity index is 4.51. The summed E-state index contributed by atoms with van der Waals surface area (Å²) in [7, 11) is 5.49. The molecule has 2 unspecified atom stereocenters. The van der Waals surface area contributed by atoms with Crippen LogP contribution in [0.25, 0.3) is 0 Å². The van der Waals surface area contributed by atoms with E-state index in [4.69, 9.17) is 14.2 Å². The third-order valence-corrected chi connectivity index (χ3v) is 8.20. The van der Waals surface area contributed by atoms with Crippen LogP contribution < -0.4 is 0 Å². The number of ether oxygens (including phenoxy) is 3. The Bertz CT molecular complexity index is 1120. The van der Waals surface area contributed by atoms with Crippen molar-refractivity contribution in [1.29, 1.82) is 0 Å². The number of carbonyl (C=O) groups excluding carboxylic acids is 2. The van der Waals surface area contributed by atoms with E-state index in [1.165, 1.54) is 0 Å². The molecular weight excluding hydrogens is 654 g/mol. The summed E-state index contributed by atoms with van der Waals surface area (Å²) in [6.07, 6.45) is 43.4.